The number of benzene rings is 1. The predicted molar refractivity (Wildman–Crippen MR) is 73.8 cm³/mol. The molecular weight excluding hydrogens is 258 g/mol. The van der Waals surface area contributed by atoms with Crippen molar-refractivity contribution >= 4 is 23.3 Å². The lowest BCUT2D eigenvalue weighted by Gasteiger charge is -2.19. The van der Waals surface area contributed by atoms with E-state index in [1.54, 1.807) is 29.2 Å². The van der Waals surface area contributed by atoms with E-state index >= 15 is 0 Å². The molecule has 0 aliphatic carbocycles. The van der Waals surface area contributed by atoms with Gasteiger partial charge in [-0.1, -0.05) is 12.1 Å². The van der Waals surface area contributed by atoms with E-state index in [1.807, 2.05) is 0 Å². The molecule has 0 spiro atoms. The highest BCUT2D eigenvalue weighted by Gasteiger charge is 2.25. The first-order valence-corrected chi connectivity index (χ1v) is 6.36. The first kappa shape index (κ1) is 14.0. The van der Waals surface area contributed by atoms with Gasteiger partial charge in [-0.3, -0.25) is 9.59 Å². The molecule has 104 valence electrons. The Labute approximate surface area is 116 Å². The van der Waals surface area contributed by atoms with Crippen LogP contribution in [0, 0.1) is 0 Å². The minimum atomic E-state index is -1.16. The van der Waals surface area contributed by atoms with Gasteiger partial charge >= 0.3 is 5.97 Å². The Bertz CT molecular complexity index is 604. The monoisotopic (exact) mass is 273 g/mol. The molecule has 1 N–H and O–H groups in total. The Balaban J connectivity index is 2.40. The topological polar surface area (TPSA) is 74.7 Å². The molecule has 0 aromatic heterocycles. The van der Waals surface area contributed by atoms with Crippen LogP contribution in [0.2, 0.25) is 0 Å². The van der Waals surface area contributed by atoms with Gasteiger partial charge in [0.15, 0.2) is 5.78 Å². The maximum atomic E-state index is 12.3. The van der Waals surface area contributed by atoms with Crippen molar-refractivity contribution in [3.63, 3.8) is 0 Å². The van der Waals surface area contributed by atoms with Crippen molar-refractivity contribution in [1.82, 2.24) is 0 Å². The fraction of sp³-hybridized carbons (Fsp3) is 0.267. The van der Waals surface area contributed by atoms with Crippen LogP contribution in [-0.2, 0) is 9.59 Å². The normalized spacial score (nSPS) is 15.6. The number of nitrogens with zero attached hydrogens (tertiary/aromatic N) is 1. The van der Waals surface area contributed by atoms with Gasteiger partial charge in [0.25, 0.3) is 0 Å². The zero-order valence-corrected chi connectivity index (χ0v) is 11.1. The highest BCUT2D eigenvalue weighted by Crippen LogP contribution is 2.27. The van der Waals surface area contributed by atoms with Gasteiger partial charge in [-0.15, -0.1) is 0 Å². The SMILES string of the molecule is CC(=CC(=O)O)C(=O)c1ccccc1N1CCCC1=O. The molecule has 0 atom stereocenters. The first-order chi connectivity index (χ1) is 9.50. The van der Waals surface area contributed by atoms with Crippen molar-refractivity contribution < 1.29 is 19.5 Å². The van der Waals surface area contributed by atoms with Gasteiger partial charge in [-0.05, 0) is 25.5 Å². The van der Waals surface area contributed by atoms with E-state index in [-0.39, 0.29) is 17.3 Å². The highest BCUT2D eigenvalue weighted by molar-refractivity contribution is 6.15. The van der Waals surface area contributed by atoms with Crippen LogP contribution >= 0.6 is 0 Å². The molecule has 20 heavy (non-hydrogen) atoms. The van der Waals surface area contributed by atoms with Crippen LogP contribution in [0.15, 0.2) is 35.9 Å². The number of hydrogen-bond donors (Lipinski definition) is 1. The lowest BCUT2D eigenvalue weighted by atomic mass is 10.0. The van der Waals surface area contributed by atoms with E-state index in [0.29, 0.717) is 24.2 Å². The van der Waals surface area contributed by atoms with Gasteiger partial charge in [0.2, 0.25) is 5.91 Å². The molecular formula is C15H15NO4. The molecule has 5 heteroatoms. The summed E-state index contributed by atoms with van der Waals surface area (Å²) in [6, 6.07) is 6.78. The molecule has 1 fully saturated rings. The average molecular weight is 273 g/mol. The molecule has 1 aliphatic rings. The largest absolute Gasteiger partial charge is 0.478 e. The van der Waals surface area contributed by atoms with Crippen molar-refractivity contribution in [3.8, 4) is 0 Å². The van der Waals surface area contributed by atoms with Crippen molar-refractivity contribution in [2.24, 2.45) is 0 Å². The summed E-state index contributed by atoms with van der Waals surface area (Å²) in [5.41, 5.74) is 1.05. The number of allylic oxidation sites excluding steroid dienone is 1. The molecule has 0 unspecified atom stereocenters. The van der Waals surface area contributed by atoms with E-state index in [0.717, 1.165) is 12.5 Å². The number of anilines is 1. The van der Waals surface area contributed by atoms with Gasteiger partial charge in [0.05, 0.1) is 5.69 Å². The van der Waals surface area contributed by atoms with E-state index in [4.69, 9.17) is 5.11 Å². The van der Waals surface area contributed by atoms with Gasteiger partial charge in [0.1, 0.15) is 0 Å². The van der Waals surface area contributed by atoms with Crippen LogP contribution < -0.4 is 4.90 Å². The summed E-state index contributed by atoms with van der Waals surface area (Å²) in [5.74, 6) is -1.54. The molecule has 2 rings (SSSR count). The van der Waals surface area contributed by atoms with Gasteiger partial charge in [-0.2, -0.15) is 0 Å². The molecule has 0 saturated carbocycles. The van der Waals surface area contributed by atoms with Gasteiger partial charge in [0, 0.05) is 30.2 Å². The standard InChI is InChI=1S/C15H15NO4/c1-10(9-14(18)19)15(20)11-5-2-3-6-12(11)16-8-4-7-13(16)17/h2-3,5-6,9H,4,7-8H2,1H3,(H,18,19). The smallest absolute Gasteiger partial charge is 0.328 e. The number of carbonyl (C=O) groups is 3. The minimum absolute atomic E-state index is 0.00915. The van der Waals surface area contributed by atoms with Gasteiger partial charge in [-0.25, -0.2) is 4.79 Å². The Kier molecular flexibility index (Phi) is 3.98. The van der Waals surface area contributed by atoms with Crippen molar-refractivity contribution in [1.29, 1.82) is 0 Å². The number of carboxylic acids is 1. The van der Waals surface area contributed by atoms with Crippen LogP contribution in [0.1, 0.15) is 30.1 Å². The maximum Gasteiger partial charge on any atom is 0.328 e. The highest BCUT2D eigenvalue weighted by atomic mass is 16.4. The Hall–Kier alpha value is -2.43. The second kappa shape index (κ2) is 5.69. The summed E-state index contributed by atoms with van der Waals surface area (Å²) in [6.07, 6.45) is 2.13. The zero-order valence-electron chi connectivity index (χ0n) is 11.1. The lowest BCUT2D eigenvalue weighted by molar-refractivity contribution is -0.131. The molecule has 0 bridgehead atoms. The minimum Gasteiger partial charge on any atom is -0.478 e. The third-order valence-corrected chi connectivity index (χ3v) is 3.21. The third-order valence-electron chi connectivity index (χ3n) is 3.21. The number of amides is 1. The van der Waals surface area contributed by atoms with Crippen molar-refractivity contribution in [2.45, 2.75) is 19.8 Å². The number of aliphatic carboxylic acids is 1. The number of carboxylic acid groups (broad SMARTS) is 1. The fourth-order valence-corrected chi connectivity index (χ4v) is 2.27. The Morgan fingerprint density at radius 3 is 2.60 bits per heavy atom. The summed E-state index contributed by atoms with van der Waals surface area (Å²) >= 11 is 0. The summed E-state index contributed by atoms with van der Waals surface area (Å²) in [6.45, 7) is 2.05. The van der Waals surface area contributed by atoms with Crippen molar-refractivity contribution in [3.05, 3.63) is 41.5 Å². The summed E-state index contributed by atoms with van der Waals surface area (Å²) in [5, 5.41) is 8.71. The van der Waals surface area contributed by atoms with Crippen LogP contribution in [-0.4, -0.2) is 29.3 Å². The zero-order chi connectivity index (χ0) is 14.7. The fourth-order valence-electron chi connectivity index (χ4n) is 2.27. The molecule has 0 radical (unpaired) electrons. The van der Waals surface area contributed by atoms with E-state index in [9.17, 15) is 14.4 Å². The van der Waals surface area contributed by atoms with E-state index in [2.05, 4.69) is 0 Å². The third kappa shape index (κ3) is 2.77. The molecule has 1 aliphatic heterocycles. The lowest BCUT2D eigenvalue weighted by Crippen LogP contribution is -2.25. The van der Waals surface area contributed by atoms with Crippen LogP contribution in [0.4, 0.5) is 5.69 Å². The first-order valence-electron chi connectivity index (χ1n) is 6.36. The number of para-hydroxylation sites is 1. The molecule has 1 aromatic rings. The van der Waals surface area contributed by atoms with E-state index < -0.39 is 5.97 Å². The van der Waals surface area contributed by atoms with E-state index in [1.165, 1.54) is 6.92 Å². The average Bonchev–Trinajstić information content (AvgIpc) is 2.83. The van der Waals surface area contributed by atoms with Crippen LogP contribution in [0.5, 0.6) is 0 Å². The van der Waals surface area contributed by atoms with Crippen LogP contribution in [0.3, 0.4) is 0 Å². The Morgan fingerprint density at radius 2 is 2.00 bits per heavy atom. The van der Waals surface area contributed by atoms with Crippen molar-refractivity contribution in [2.75, 3.05) is 11.4 Å². The van der Waals surface area contributed by atoms with Gasteiger partial charge < -0.3 is 10.0 Å². The summed E-state index contributed by atoms with van der Waals surface area (Å²) in [4.78, 5) is 36.3. The molecule has 5 nitrogen and oxygen atoms in total. The number of carbonyl (C=O) groups excluding carboxylic acids is 2. The number of rotatable bonds is 4. The maximum absolute atomic E-state index is 12.3. The predicted octanol–water partition coefficient (Wildman–Crippen LogP) is 2.03. The second-order valence-electron chi connectivity index (χ2n) is 4.66. The molecule has 1 aromatic carbocycles. The number of Topliss-reactive ketones (excluding diaryl/α,β-unsaturated/α-hetero) is 1. The summed E-state index contributed by atoms with van der Waals surface area (Å²) in [7, 11) is 0. The molecule has 1 amide bonds. The Morgan fingerprint density at radius 1 is 1.30 bits per heavy atom. The quantitative estimate of drug-likeness (QED) is 0.672. The molecule has 1 heterocycles. The summed E-state index contributed by atoms with van der Waals surface area (Å²) < 4.78 is 0. The number of ketones is 1. The molecule has 1 saturated heterocycles. The second-order valence-corrected chi connectivity index (χ2v) is 4.66. The van der Waals surface area contributed by atoms with Crippen LogP contribution in [0.25, 0.3) is 0 Å². The number of hydrogen-bond acceptors (Lipinski definition) is 3.